The summed E-state index contributed by atoms with van der Waals surface area (Å²) in [5.74, 6) is -0.0305. The first-order valence-electron chi connectivity index (χ1n) is 5.81. The number of H-pyrrole nitrogens is 1. The highest BCUT2D eigenvalue weighted by atomic mass is 16.1. The molecule has 16 heavy (non-hydrogen) atoms. The Morgan fingerprint density at radius 1 is 1.75 bits per heavy atom. The van der Waals surface area contributed by atoms with Crippen LogP contribution in [0.2, 0.25) is 0 Å². The molecule has 1 unspecified atom stereocenters. The average molecular weight is 222 g/mol. The molecular weight excluding hydrogens is 204 g/mol. The molecule has 2 N–H and O–H groups in total. The van der Waals surface area contributed by atoms with E-state index in [1.807, 2.05) is 0 Å². The molecule has 1 fully saturated rings. The SMILES string of the molecule is CCCN1CCC(NC(=O)c2cn[nH]c2)C1. The summed E-state index contributed by atoms with van der Waals surface area (Å²) in [6.45, 7) is 5.36. The van der Waals surface area contributed by atoms with Gasteiger partial charge in [-0.25, -0.2) is 0 Å². The molecule has 1 atom stereocenters. The molecule has 1 aromatic rings. The fourth-order valence-corrected chi connectivity index (χ4v) is 2.11. The van der Waals surface area contributed by atoms with E-state index in [-0.39, 0.29) is 11.9 Å². The third kappa shape index (κ3) is 2.61. The summed E-state index contributed by atoms with van der Waals surface area (Å²) < 4.78 is 0. The lowest BCUT2D eigenvalue weighted by Crippen LogP contribution is -2.37. The predicted molar refractivity (Wildman–Crippen MR) is 61.2 cm³/mol. The van der Waals surface area contributed by atoms with E-state index >= 15 is 0 Å². The first-order valence-corrected chi connectivity index (χ1v) is 5.81. The molecule has 5 nitrogen and oxygen atoms in total. The number of carbonyl (C=O) groups is 1. The van der Waals surface area contributed by atoms with Crippen LogP contribution in [0.5, 0.6) is 0 Å². The van der Waals surface area contributed by atoms with Gasteiger partial charge in [0.15, 0.2) is 0 Å². The monoisotopic (exact) mass is 222 g/mol. The van der Waals surface area contributed by atoms with Crippen molar-refractivity contribution in [3.8, 4) is 0 Å². The van der Waals surface area contributed by atoms with Crippen LogP contribution >= 0.6 is 0 Å². The summed E-state index contributed by atoms with van der Waals surface area (Å²) in [5.41, 5.74) is 0.606. The Morgan fingerprint density at radius 2 is 2.62 bits per heavy atom. The van der Waals surface area contributed by atoms with Gasteiger partial charge in [-0.05, 0) is 19.4 Å². The van der Waals surface area contributed by atoms with E-state index in [9.17, 15) is 4.79 Å². The predicted octanol–water partition coefficient (Wildman–Crippen LogP) is 0.624. The van der Waals surface area contributed by atoms with Crippen LogP contribution in [0.3, 0.4) is 0 Å². The minimum Gasteiger partial charge on any atom is -0.348 e. The van der Waals surface area contributed by atoms with Crippen LogP contribution in [0, 0.1) is 0 Å². The van der Waals surface area contributed by atoms with Crippen LogP contribution in [0.15, 0.2) is 12.4 Å². The van der Waals surface area contributed by atoms with Crippen LogP contribution in [-0.2, 0) is 0 Å². The molecule has 1 aliphatic rings. The first-order chi connectivity index (χ1) is 7.79. The zero-order chi connectivity index (χ0) is 11.4. The quantitative estimate of drug-likeness (QED) is 0.785. The lowest BCUT2D eigenvalue weighted by Gasteiger charge is -2.15. The molecule has 2 rings (SSSR count). The van der Waals surface area contributed by atoms with Crippen molar-refractivity contribution in [2.45, 2.75) is 25.8 Å². The molecule has 1 saturated heterocycles. The van der Waals surface area contributed by atoms with E-state index in [1.54, 1.807) is 12.4 Å². The van der Waals surface area contributed by atoms with E-state index in [4.69, 9.17) is 0 Å². The first kappa shape index (κ1) is 11.1. The summed E-state index contributed by atoms with van der Waals surface area (Å²) in [7, 11) is 0. The molecule has 0 aromatic carbocycles. The van der Waals surface area contributed by atoms with Gasteiger partial charge in [0, 0.05) is 25.3 Å². The van der Waals surface area contributed by atoms with Crippen molar-refractivity contribution >= 4 is 5.91 Å². The molecule has 0 bridgehead atoms. The minimum absolute atomic E-state index is 0.0305. The minimum atomic E-state index is -0.0305. The number of likely N-dealkylation sites (tertiary alicyclic amines) is 1. The number of hydrogen-bond acceptors (Lipinski definition) is 3. The van der Waals surface area contributed by atoms with Gasteiger partial charge in [0.05, 0.1) is 11.8 Å². The number of nitrogens with one attached hydrogen (secondary N) is 2. The molecule has 0 saturated carbocycles. The van der Waals surface area contributed by atoms with E-state index in [2.05, 4.69) is 27.3 Å². The Morgan fingerprint density at radius 3 is 3.31 bits per heavy atom. The van der Waals surface area contributed by atoms with Gasteiger partial charge in [0.1, 0.15) is 0 Å². The Bertz CT molecular complexity index is 336. The van der Waals surface area contributed by atoms with Gasteiger partial charge in [-0.3, -0.25) is 9.89 Å². The Hall–Kier alpha value is -1.36. The Labute approximate surface area is 95.2 Å². The van der Waals surface area contributed by atoms with Crippen LogP contribution in [0.1, 0.15) is 30.1 Å². The number of amides is 1. The number of rotatable bonds is 4. The second-order valence-corrected chi connectivity index (χ2v) is 4.25. The highest BCUT2D eigenvalue weighted by molar-refractivity contribution is 5.93. The van der Waals surface area contributed by atoms with Crippen LogP contribution in [-0.4, -0.2) is 46.7 Å². The molecule has 0 radical (unpaired) electrons. The summed E-state index contributed by atoms with van der Waals surface area (Å²) in [4.78, 5) is 14.1. The normalized spacial score (nSPS) is 21.2. The molecule has 88 valence electrons. The van der Waals surface area contributed by atoms with Crippen molar-refractivity contribution in [2.24, 2.45) is 0 Å². The number of aromatic amines is 1. The number of aromatic nitrogens is 2. The molecule has 0 spiro atoms. The van der Waals surface area contributed by atoms with Crippen molar-refractivity contribution in [3.05, 3.63) is 18.0 Å². The van der Waals surface area contributed by atoms with Gasteiger partial charge in [0.25, 0.3) is 5.91 Å². The maximum Gasteiger partial charge on any atom is 0.254 e. The van der Waals surface area contributed by atoms with Crippen molar-refractivity contribution in [1.29, 1.82) is 0 Å². The van der Waals surface area contributed by atoms with Crippen molar-refractivity contribution < 1.29 is 4.79 Å². The summed E-state index contributed by atoms with van der Waals surface area (Å²) in [5, 5.41) is 9.44. The van der Waals surface area contributed by atoms with Crippen molar-refractivity contribution in [3.63, 3.8) is 0 Å². The van der Waals surface area contributed by atoms with Gasteiger partial charge in [-0.15, -0.1) is 0 Å². The Kier molecular flexibility index (Phi) is 3.56. The second-order valence-electron chi connectivity index (χ2n) is 4.25. The smallest absolute Gasteiger partial charge is 0.254 e. The zero-order valence-electron chi connectivity index (χ0n) is 9.57. The Balaban J connectivity index is 1.81. The van der Waals surface area contributed by atoms with E-state index in [0.717, 1.165) is 26.1 Å². The molecular formula is C11H18N4O. The molecule has 0 aliphatic carbocycles. The summed E-state index contributed by atoms with van der Waals surface area (Å²) >= 11 is 0. The second kappa shape index (κ2) is 5.12. The number of nitrogens with zero attached hydrogens (tertiary/aromatic N) is 2. The van der Waals surface area contributed by atoms with E-state index in [1.165, 1.54) is 6.42 Å². The van der Waals surface area contributed by atoms with Crippen molar-refractivity contribution in [1.82, 2.24) is 20.4 Å². The molecule has 1 aromatic heterocycles. The molecule has 5 heteroatoms. The van der Waals surface area contributed by atoms with Crippen molar-refractivity contribution in [2.75, 3.05) is 19.6 Å². The average Bonchev–Trinajstić information content (AvgIpc) is 2.89. The van der Waals surface area contributed by atoms with Gasteiger partial charge < -0.3 is 10.2 Å². The molecule has 1 aliphatic heterocycles. The highest BCUT2D eigenvalue weighted by Gasteiger charge is 2.23. The number of hydrogen-bond donors (Lipinski definition) is 2. The lowest BCUT2D eigenvalue weighted by atomic mass is 10.2. The van der Waals surface area contributed by atoms with E-state index < -0.39 is 0 Å². The van der Waals surface area contributed by atoms with Gasteiger partial charge >= 0.3 is 0 Å². The topological polar surface area (TPSA) is 61.0 Å². The standard InChI is InChI=1S/C11H18N4O/c1-2-4-15-5-3-10(8-15)14-11(16)9-6-12-13-7-9/h6-7,10H,2-5,8H2,1H3,(H,12,13)(H,14,16). The summed E-state index contributed by atoms with van der Waals surface area (Å²) in [6, 6.07) is 0.286. The van der Waals surface area contributed by atoms with E-state index in [0.29, 0.717) is 5.56 Å². The third-order valence-corrected chi connectivity index (χ3v) is 2.91. The van der Waals surface area contributed by atoms with Gasteiger partial charge in [0.2, 0.25) is 0 Å². The maximum absolute atomic E-state index is 11.7. The summed E-state index contributed by atoms with van der Waals surface area (Å²) in [6.07, 6.45) is 5.38. The fraction of sp³-hybridized carbons (Fsp3) is 0.636. The molecule has 1 amide bonds. The van der Waals surface area contributed by atoms with Gasteiger partial charge in [-0.1, -0.05) is 6.92 Å². The highest BCUT2D eigenvalue weighted by Crippen LogP contribution is 2.10. The number of carbonyl (C=O) groups excluding carboxylic acids is 1. The van der Waals surface area contributed by atoms with Crippen LogP contribution in [0.4, 0.5) is 0 Å². The fourth-order valence-electron chi connectivity index (χ4n) is 2.11. The molecule has 2 heterocycles. The maximum atomic E-state index is 11.7. The van der Waals surface area contributed by atoms with Gasteiger partial charge in [-0.2, -0.15) is 5.10 Å². The van der Waals surface area contributed by atoms with Crippen LogP contribution in [0.25, 0.3) is 0 Å². The largest absolute Gasteiger partial charge is 0.348 e. The lowest BCUT2D eigenvalue weighted by molar-refractivity contribution is 0.0938. The van der Waals surface area contributed by atoms with Crippen LogP contribution < -0.4 is 5.32 Å². The zero-order valence-corrected chi connectivity index (χ0v) is 9.57. The third-order valence-electron chi connectivity index (χ3n) is 2.91.